The van der Waals surface area contributed by atoms with Gasteiger partial charge in [-0.05, 0) is 12.5 Å². The number of aliphatic carboxylic acids is 1. The van der Waals surface area contributed by atoms with Gasteiger partial charge in [-0.1, -0.05) is 55.2 Å². The highest BCUT2D eigenvalue weighted by atomic mass is 32.2. The fourth-order valence-electron chi connectivity index (χ4n) is 2.40. The maximum absolute atomic E-state index is 12.8. The molecule has 0 saturated carbocycles. The molecule has 0 saturated heterocycles. The molecular weight excluding hydrogens is 386 g/mol. The molecule has 1 aromatic carbocycles. The highest BCUT2D eigenvalue weighted by Crippen LogP contribution is 2.30. The van der Waals surface area contributed by atoms with E-state index in [0.717, 1.165) is 16.9 Å². The van der Waals surface area contributed by atoms with Gasteiger partial charge in [-0.15, -0.1) is 0 Å². The zero-order valence-electron chi connectivity index (χ0n) is 15.4. The van der Waals surface area contributed by atoms with Gasteiger partial charge in [-0.25, -0.2) is 13.9 Å². The Labute approximate surface area is 165 Å². The number of ether oxygens (including phenoxy) is 1. The second-order valence-electron chi connectivity index (χ2n) is 6.16. The molecule has 0 aliphatic rings. The molecule has 0 fully saturated rings. The van der Waals surface area contributed by atoms with E-state index in [2.05, 4.69) is 21.6 Å². The molecule has 2 rings (SSSR count). The Morgan fingerprint density at radius 2 is 2.11 bits per heavy atom. The van der Waals surface area contributed by atoms with Crippen molar-refractivity contribution >= 4 is 33.4 Å². The summed E-state index contributed by atoms with van der Waals surface area (Å²) in [5, 5.41) is 13.3. The predicted molar refractivity (Wildman–Crippen MR) is 107 cm³/mol. The van der Waals surface area contributed by atoms with E-state index in [1.807, 2.05) is 30.3 Å². The third-order valence-corrected chi connectivity index (χ3v) is 6.68. The van der Waals surface area contributed by atoms with Crippen molar-refractivity contribution in [2.75, 3.05) is 19.0 Å². The zero-order chi connectivity index (χ0) is 20.0. The summed E-state index contributed by atoms with van der Waals surface area (Å²) in [6.45, 7) is 7.44. The number of hydrogen-bond acceptors (Lipinski definition) is 6. The lowest BCUT2D eigenvalue weighted by molar-refractivity contribution is -0.144. The van der Waals surface area contributed by atoms with E-state index in [1.54, 1.807) is 14.0 Å². The zero-order valence-corrected chi connectivity index (χ0v) is 17.0. The molecule has 2 unspecified atom stereocenters. The number of thiazole rings is 1. The molecule has 0 amide bonds. The number of carboxylic acid groups (broad SMARTS) is 1. The van der Waals surface area contributed by atoms with E-state index in [1.165, 1.54) is 13.1 Å². The van der Waals surface area contributed by atoms with Gasteiger partial charge in [-0.3, -0.25) is 4.79 Å². The minimum atomic E-state index is -1.74. The monoisotopic (exact) mass is 409 g/mol. The quantitative estimate of drug-likeness (QED) is 0.558. The molecule has 0 aliphatic heterocycles. The van der Waals surface area contributed by atoms with Crippen LogP contribution in [0.4, 0.5) is 5.13 Å². The predicted octanol–water partition coefficient (Wildman–Crippen LogP) is 2.97. The highest BCUT2D eigenvalue weighted by molar-refractivity contribution is 7.85. The van der Waals surface area contributed by atoms with E-state index in [9.17, 15) is 14.1 Å². The summed E-state index contributed by atoms with van der Waals surface area (Å²) in [5.74, 6) is -1.49. The number of carboxylic acids is 1. The molecule has 3 atom stereocenters. The Balaban J connectivity index is 2.17. The van der Waals surface area contributed by atoms with Crippen molar-refractivity contribution in [3.8, 4) is 0 Å². The van der Waals surface area contributed by atoms with Crippen molar-refractivity contribution in [2.45, 2.75) is 29.5 Å². The van der Waals surface area contributed by atoms with Crippen molar-refractivity contribution < 1.29 is 18.8 Å². The lowest BCUT2D eigenvalue weighted by Crippen LogP contribution is -2.53. The maximum Gasteiger partial charge on any atom is 0.325 e. The molecule has 1 heterocycles. The van der Waals surface area contributed by atoms with E-state index in [-0.39, 0.29) is 0 Å². The van der Waals surface area contributed by atoms with Crippen molar-refractivity contribution in [3.05, 3.63) is 54.4 Å². The summed E-state index contributed by atoms with van der Waals surface area (Å²) in [6.07, 6.45) is 1.45. The van der Waals surface area contributed by atoms with Crippen molar-refractivity contribution in [1.82, 2.24) is 9.71 Å². The van der Waals surface area contributed by atoms with Gasteiger partial charge in [0.15, 0.2) is 5.13 Å². The molecule has 7 nitrogen and oxygen atoms in total. The molecule has 0 spiro atoms. The Morgan fingerprint density at radius 1 is 1.44 bits per heavy atom. The van der Waals surface area contributed by atoms with Gasteiger partial charge in [0.25, 0.3) is 0 Å². The highest BCUT2D eigenvalue weighted by Gasteiger charge is 2.41. The lowest BCUT2D eigenvalue weighted by atomic mass is 9.83. The number of methoxy groups -OCH3 is 1. The van der Waals surface area contributed by atoms with Crippen LogP contribution >= 0.6 is 11.3 Å². The second-order valence-corrected chi connectivity index (χ2v) is 8.63. The maximum atomic E-state index is 12.8. The average Bonchev–Trinajstić information content (AvgIpc) is 3.10. The first-order valence-electron chi connectivity index (χ1n) is 8.15. The minimum absolute atomic E-state index is 0.321. The summed E-state index contributed by atoms with van der Waals surface area (Å²) in [5.41, 5.74) is 0.0309. The third-order valence-electron chi connectivity index (χ3n) is 4.18. The van der Waals surface area contributed by atoms with Crippen LogP contribution in [0.15, 0.2) is 53.0 Å². The number of nitrogens with zero attached hydrogens (tertiary/aromatic N) is 1. The molecule has 2 aromatic rings. The molecule has 27 heavy (non-hydrogen) atoms. The van der Waals surface area contributed by atoms with Crippen molar-refractivity contribution in [3.63, 3.8) is 0 Å². The van der Waals surface area contributed by atoms with Crippen LogP contribution in [0.1, 0.15) is 25.3 Å². The van der Waals surface area contributed by atoms with Crippen molar-refractivity contribution in [2.24, 2.45) is 0 Å². The number of aromatic nitrogens is 1. The van der Waals surface area contributed by atoms with Crippen LogP contribution in [0.5, 0.6) is 0 Å². The van der Waals surface area contributed by atoms with Gasteiger partial charge in [-0.2, -0.15) is 0 Å². The fourth-order valence-corrected chi connectivity index (χ4v) is 4.56. The second kappa shape index (κ2) is 9.23. The van der Waals surface area contributed by atoms with Gasteiger partial charge in [0.05, 0.1) is 12.8 Å². The normalized spacial score (nSPS) is 15.5. The summed E-state index contributed by atoms with van der Waals surface area (Å²) >= 11 is 1.16. The SMILES string of the molecule is C=C(COC)Nc1ncc(S(=O)N[C@](C)(C(=O)O)C(C)c2ccccc2)s1. The van der Waals surface area contributed by atoms with Gasteiger partial charge >= 0.3 is 5.97 Å². The summed E-state index contributed by atoms with van der Waals surface area (Å²) in [7, 11) is -0.186. The summed E-state index contributed by atoms with van der Waals surface area (Å²) < 4.78 is 20.9. The first-order valence-corrected chi connectivity index (χ1v) is 10.1. The first kappa shape index (κ1) is 21.2. The number of nitrogens with one attached hydrogen (secondary N) is 2. The summed E-state index contributed by atoms with van der Waals surface area (Å²) in [4.78, 5) is 16.1. The molecule has 146 valence electrons. The Kier molecular flexibility index (Phi) is 7.25. The topological polar surface area (TPSA) is 101 Å². The number of hydrogen-bond donors (Lipinski definition) is 3. The standard InChI is InChI=1S/C18H23N3O4S2/c1-12(11-25-4)20-17-19-10-15(26-17)27(24)21-18(3,16(22)23)13(2)14-8-6-5-7-9-14/h5-10,13,21H,1,11H2,2-4H3,(H,19,20)(H,22,23)/t13?,18-,27?/m0/s1. The number of anilines is 1. The van der Waals surface area contributed by atoms with Gasteiger partial charge in [0.1, 0.15) is 20.7 Å². The smallest absolute Gasteiger partial charge is 0.325 e. The molecule has 3 N–H and O–H groups in total. The summed E-state index contributed by atoms with van der Waals surface area (Å²) in [6, 6.07) is 9.26. The largest absolute Gasteiger partial charge is 0.480 e. The third kappa shape index (κ3) is 5.23. The molecule has 0 bridgehead atoms. The molecule has 9 heteroatoms. The molecule has 1 aromatic heterocycles. The van der Waals surface area contributed by atoms with Crippen LogP contribution in [-0.2, 0) is 20.5 Å². The Hall–Kier alpha value is -2.07. The van der Waals surface area contributed by atoms with Crippen LogP contribution < -0.4 is 10.0 Å². The van der Waals surface area contributed by atoms with Crippen LogP contribution in [-0.4, -0.2) is 39.5 Å². The van der Waals surface area contributed by atoms with E-state index < -0.39 is 28.4 Å². The molecule has 0 aliphatic carbocycles. The van der Waals surface area contributed by atoms with E-state index in [4.69, 9.17) is 4.74 Å². The minimum Gasteiger partial charge on any atom is -0.480 e. The van der Waals surface area contributed by atoms with Gasteiger partial charge in [0, 0.05) is 18.7 Å². The number of rotatable bonds is 10. The Morgan fingerprint density at radius 3 is 2.70 bits per heavy atom. The van der Waals surface area contributed by atoms with Crippen LogP contribution in [0, 0.1) is 0 Å². The van der Waals surface area contributed by atoms with E-state index >= 15 is 0 Å². The number of carbonyl (C=O) groups is 1. The molecule has 0 radical (unpaired) electrons. The average molecular weight is 410 g/mol. The lowest BCUT2D eigenvalue weighted by Gasteiger charge is -2.32. The van der Waals surface area contributed by atoms with Crippen LogP contribution in [0.2, 0.25) is 0 Å². The Bertz CT molecular complexity index is 825. The van der Waals surface area contributed by atoms with Crippen LogP contribution in [0.3, 0.4) is 0 Å². The van der Waals surface area contributed by atoms with Crippen LogP contribution in [0.25, 0.3) is 0 Å². The first-order chi connectivity index (χ1) is 12.8. The fraction of sp³-hybridized carbons (Fsp3) is 0.333. The number of benzene rings is 1. The molecular formula is C18H23N3O4S2. The van der Waals surface area contributed by atoms with Gasteiger partial charge in [0.2, 0.25) is 0 Å². The van der Waals surface area contributed by atoms with Crippen molar-refractivity contribution in [1.29, 1.82) is 0 Å². The van der Waals surface area contributed by atoms with Gasteiger partial charge < -0.3 is 15.2 Å². The van der Waals surface area contributed by atoms with E-state index in [0.29, 0.717) is 21.6 Å².